The maximum Gasteiger partial charge on any atom is 0.416 e. The van der Waals surface area contributed by atoms with E-state index < -0.39 is 17.6 Å². The number of rotatable bonds is 4. The molecule has 3 heterocycles. The van der Waals surface area contributed by atoms with E-state index in [1.165, 1.54) is 28.3 Å². The average molecular weight is 510 g/mol. The zero-order chi connectivity index (χ0) is 25.4. The molecule has 2 amide bonds. The number of nitrogens with zero attached hydrogens (tertiary/aromatic N) is 3. The number of hydrogen-bond donors (Lipinski definition) is 2. The summed E-state index contributed by atoms with van der Waals surface area (Å²) in [6.45, 7) is 1.72. The van der Waals surface area contributed by atoms with Crippen molar-refractivity contribution < 1.29 is 22.8 Å². The number of halogens is 3. The van der Waals surface area contributed by atoms with Crippen LogP contribution in [0.3, 0.4) is 0 Å². The minimum Gasteiger partial charge on any atom is -0.323 e. The number of aryl methyl sites for hydroxylation is 1. The van der Waals surface area contributed by atoms with E-state index in [0.29, 0.717) is 34.0 Å². The summed E-state index contributed by atoms with van der Waals surface area (Å²) in [5, 5.41) is 9.09. The van der Waals surface area contributed by atoms with Crippen LogP contribution in [-0.2, 0) is 11.0 Å². The predicted molar refractivity (Wildman–Crippen MR) is 131 cm³/mol. The molecule has 4 aromatic rings. The van der Waals surface area contributed by atoms with Crippen molar-refractivity contribution in [1.29, 1.82) is 0 Å². The van der Waals surface area contributed by atoms with Gasteiger partial charge in [0.2, 0.25) is 5.91 Å². The Kier molecular flexibility index (Phi) is 5.92. The molecular formula is C25H18F3N5O2S. The number of aliphatic imine (C=N–C) groups is 1. The van der Waals surface area contributed by atoms with E-state index in [0.717, 1.165) is 12.1 Å². The van der Waals surface area contributed by atoms with Crippen molar-refractivity contribution in [3.05, 3.63) is 88.1 Å². The molecule has 2 aromatic carbocycles. The fourth-order valence-electron chi connectivity index (χ4n) is 3.74. The lowest BCUT2D eigenvalue weighted by atomic mass is 10.1. The second-order valence-electron chi connectivity index (χ2n) is 8.17. The Bertz CT molecular complexity index is 1500. The van der Waals surface area contributed by atoms with Crippen molar-refractivity contribution in [2.24, 2.45) is 4.99 Å². The summed E-state index contributed by atoms with van der Waals surface area (Å²) >= 11 is 1.43. The predicted octanol–water partition coefficient (Wildman–Crippen LogP) is 5.98. The van der Waals surface area contributed by atoms with Gasteiger partial charge in [-0.25, -0.2) is 9.98 Å². The van der Waals surface area contributed by atoms with Crippen LogP contribution < -0.4 is 10.6 Å². The van der Waals surface area contributed by atoms with Crippen LogP contribution in [0.4, 0.5) is 30.2 Å². The fraction of sp³-hybridized carbons (Fsp3) is 0.120. The highest BCUT2D eigenvalue weighted by atomic mass is 32.1. The summed E-state index contributed by atoms with van der Waals surface area (Å²) < 4.78 is 42.0. The first-order valence-corrected chi connectivity index (χ1v) is 11.7. The number of carbonyl (C=O) groups excluding carboxylic acids is 2. The van der Waals surface area contributed by atoms with Crippen LogP contribution in [0, 0.1) is 6.92 Å². The summed E-state index contributed by atoms with van der Waals surface area (Å²) in [6.07, 6.45) is -1.58. The third-order valence-corrected chi connectivity index (χ3v) is 6.22. The van der Waals surface area contributed by atoms with E-state index >= 15 is 0 Å². The molecule has 0 saturated carbocycles. The number of carbonyl (C=O) groups is 2. The molecule has 36 heavy (non-hydrogen) atoms. The Morgan fingerprint density at radius 1 is 1.14 bits per heavy atom. The number of fused-ring (bicyclic) bond motifs is 1. The largest absolute Gasteiger partial charge is 0.416 e. The molecule has 0 radical (unpaired) electrons. The molecule has 0 spiro atoms. The Morgan fingerprint density at radius 3 is 2.61 bits per heavy atom. The lowest BCUT2D eigenvalue weighted by molar-refractivity contribution is -0.137. The molecule has 0 fully saturated rings. The van der Waals surface area contributed by atoms with Crippen LogP contribution in [0.2, 0.25) is 0 Å². The number of alkyl halides is 3. The summed E-state index contributed by atoms with van der Waals surface area (Å²) in [4.78, 5) is 33.7. The van der Waals surface area contributed by atoms with Crippen LogP contribution >= 0.6 is 11.3 Å². The maximum absolute atomic E-state index is 13.5. The Labute approximate surface area is 207 Å². The van der Waals surface area contributed by atoms with Gasteiger partial charge in [0, 0.05) is 33.9 Å². The topological polar surface area (TPSA) is 88.4 Å². The first-order chi connectivity index (χ1) is 17.2. The zero-order valence-electron chi connectivity index (χ0n) is 18.8. The minimum atomic E-state index is -4.63. The fourth-order valence-corrected chi connectivity index (χ4v) is 4.43. The van der Waals surface area contributed by atoms with Crippen molar-refractivity contribution in [2.75, 3.05) is 10.6 Å². The second-order valence-corrected chi connectivity index (χ2v) is 8.92. The number of hydrogen-bond acceptors (Lipinski definition) is 5. The van der Waals surface area contributed by atoms with E-state index in [2.05, 4.69) is 20.6 Å². The summed E-state index contributed by atoms with van der Waals surface area (Å²) in [6, 6.07) is 9.78. The van der Waals surface area contributed by atoms with Gasteiger partial charge in [0.1, 0.15) is 0 Å². The lowest BCUT2D eigenvalue weighted by Gasteiger charge is -2.13. The Morgan fingerprint density at radius 2 is 1.92 bits per heavy atom. The molecule has 0 atom stereocenters. The molecule has 1 aliphatic heterocycles. The first kappa shape index (κ1) is 23.5. The number of benzene rings is 2. The monoisotopic (exact) mass is 509 g/mol. The Balaban J connectivity index is 1.40. The molecule has 1 aliphatic rings. The minimum absolute atomic E-state index is 0.0891. The number of anilines is 2. The molecule has 2 N–H and O–H groups in total. The molecule has 11 heteroatoms. The van der Waals surface area contributed by atoms with Crippen LogP contribution in [0.5, 0.6) is 0 Å². The molecule has 2 aromatic heterocycles. The lowest BCUT2D eigenvalue weighted by Crippen LogP contribution is -2.16. The van der Waals surface area contributed by atoms with E-state index in [9.17, 15) is 22.8 Å². The van der Waals surface area contributed by atoms with Gasteiger partial charge in [0.15, 0.2) is 0 Å². The molecular weight excluding hydrogens is 491 g/mol. The van der Waals surface area contributed by atoms with Gasteiger partial charge >= 0.3 is 6.18 Å². The summed E-state index contributed by atoms with van der Waals surface area (Å²) in [7, 11) is 0. The van der Waals surface area contributed by atoms with E-state index in [1.54, 1.807) is 37.4 Å². The maximum atomic E-state index is 13.5. The molecule has 5 rings (SSSR count). The smallest absolute Gasteiger partial charge is 0.323 e. The van der Waals surface area contributed by atoms with Gasteiger partial charge in [-0.15, -0.1) is 11.3 Å². The van der Waals surface area contributed by atoms with E-state index in [-0.39, 0.29) is 23.6 Å². The average Bonchev–Trinajstić information content (AvgIpc) is 3.43. The van der Waals surface area contributed by atoms with Crippen molar-refractivity contribution in [2.45, 2.75) is 19.5 Å². The first-order valence-electron chi connectivity index (χ1n) is 10.7. The van der Waals surface area contributed by atoms with Crippen LogP contribution in [-0.4, -0.2) is 27.1 Å². The SMILES string of the molecule is Cc1cn(-c2cc(C(=O)Nc3ccc(C4=Nc5cscc5NC(=O)C4)cc3)cc(C(F)(F)F)c2)cn1. The highest BCUT2D eigenvalue weighted by Crippen LogP contribution is 2.33. The Hall–Kier alpha value is -4.25. The summed E-state index contributed by atoms with van der Waals surface area (Å²) in [5.41, 5.74) is 2.69. The molecule has 7 nitrogen and oxygen atoms in total. The summed E-state index contributed by atoms with van der Waals surface area (Å²) in [5.74, 6) is -0.877. The molecule has 0 unspecified atom stereocenters. The normalized spacial score (nSPS) is 13.4. The number of amides is 2. The van der Waals surface area contributed by atoms with Gasteiger partial charge in [-0.1, -0.05) is 12.1 Å². The van der Waals surface area contributed by atoms with Crippen LogP contribution in [0.1, 0.15) is 33.6 Å². The molecule has 0 bridgehead atoms. The molecule has 0 aliphatic carbocycles. The third kappa shape index (κ3) is 4.91. The van der Waals surface area contributed by atoms with E-state index in [1.807, 2.05) is 10.8 Å². The van der Waals surface area contributed by atoms with Gasteiger partial charge in [-0.3, -0.25) is 9.59 Å². The van der Waals surface area contributed by atoms with Crippen molar-refractivity contribution >= 4 is 45.9 Å². The highest BCUT2D eigenvalue weighted by molar-refractivity contribution is 7.09. The van der Waals surface area contributed by atoms with Crippen LogP contribution in [0.15, 0.2) is 70.7 Å². The van der Waals surface area contributed by atoms with Gasteiger partial charge in [0.25, 0.3) is 5.91 Å². The molecule has 0 saturated heterocycles. The number of aromatic nitrogens is 2. The quantitative estimate of drug-likeness (QED) is 0.355. The van der Waals surface area contributed by atoms with Crippen molar-refractivity contribution in [1.82, 2.24) is 9.55 Å². The van der Waals surface area contributed by atoms with Crippen molar-refractivity contribution in [3.8, 4) is 5.69 Å². The third-order valence-electron chi connectivity index (χ3n) is 5.49. The second kappa shape index (κ2) is 9.08. The number of thiophene rings is 1. The zero-order valence-corrected chi connectivity index (χ0v) is 19.6. The van der Waals surface area contributed by atoms with Crippen LogP contribution in [0.25, 0.3) is 5.69 Å². The highest BCUT2D eigenvalue weighted by Gasteiger charge is 2.32. The number of imidazole rings is 1. The van der Waals surface area contributed by atoms with Gasteiger partial charge in [0.05, 0.1) is 41.1 Å². The standard InChI is InChI=1S/C25H18F3N5O2S/c1-14-10-33(13-29-14)19-7-16(6-17(8-19)25(26,27)28)24(35)30-18-4-2-15(3-5-18)20-9-23(34)32-22-12-36-11-21(22)31-20/h2-8,10-13H,9H2,1H3,(H,30,35)(H,32,34). The molecule has 182 valence electrons. The van der Waals surface area contributed by atoms with Gasteiger partial charge in [-0.2, -0.15) is 13.2 Å². The van der Waals surface area contributed by atoms with Crippen molar-refractivity contribution in [3.63, 3.8) is 0 Å². The van der Waals surface area contributed by atoms with Gasteiger partial charge < -0.3 is 15.2 Å². The van der Waals surface area contributed by atoms with E-state index in [4.69, 9.17) is 0 Å². The number of nitrogens with one attached hydrogen (secondary N) is 2. The van der Waals surface area contributed by atoms with Gasteiger partial charge in [-0.05, 0) is 42.8 Å².